The normalized spacial score (nSPS) is 11.5. The number of hydrogen-bond donors (Lipinski definition) is 0. The van der Waals surface area contributed by atoms with Gasteiger partial charge in [-0.2, -0.15) is 0 Å². The highest BCUT2D eigenvalue weighted by molar-refractivity contribution is 7.33. The molecule has 24 heavy (non-hydrogen) atoms. The summed E-state index contributed by atoms with van der Waals surface area (Å²) in [6, 6.07) is 9.15. The number of hydrogen-bond acceptors (Lipinski definition) is 3. The Bertz CT molecular complexity index is 409. The quantitative estimate of drug-likeness (QED) is 0.229. The summed E-state index contributed by atoms with van der Waals surface area (Å²) in [4.78, 5) is 0. The molecule has 0 N–H and O–H groups in total. The Hall–Kier alpha value is -0.920. The summed E-state index contributed by atoms with van der Waals surface area (Å²) in [5.41, 5.74) is 0. The van der Waals surface area contributed by atoms with Crippen LogP contribution in [-0.4, -0.2) is 6.61 Å². The molecule has 0 heterocycles. The van der Waals surface area contributed by atoms with E-state index < -0.39 is 8.25 Å². The summed E-state index contributed by atoms with van der Waals surface area (Å²) >= 11 is 0. The highest BCUT2D eigenvalue weighted by Crippen LogP contribution is 2.27. The van der Waals surface area contributed by atoms with Crippen LogP contribution in [0.5, 0.6) is 5.75 Å². The van der Waals surface area contributed by atoms with Crippen LogP contribution < -0.4 is 4.52 Å². The number of para-hydroxylation sites is 1. The summed E-state index contributed by atoms with van der Waals surface area (Å²) in [5, 5.41) is 0. The van der Waals surface area contributed by atoms with Gasteiger partial charge >= 0.3 is 8.25 Å². The maximum absolute atomic E-state index is 11.6. The molecule has 0 aromatic heterocycles. The van der Waals surface area contributed by atoms with Crippen molar-refractivity contribution in [2.24, 2.45) is 0 Å². The average Bonchev–Trinajstić information content (AvgIpc) is 2.60. The summed E-state index contributed by atoms with van der Waals surface area (Å²) in [5.74, 6) is 0.591. The van der Waals surface area contributed by atoms with Crippen molar-refractivity contribution in [1.29, 1.82) is 0 Å². The first-order valence-corrected chi connectivity index (χ1v) is 10.8. The molecule has 3 nitrogen and oxygen atoms in total. The van der Waals surface area contributed by atoms with Gasteiger partial charge in [0.2, 0.25) is 0 Å². The Morgan fingerprint density at radius 2 is 1.25 bits per heavy atom. The third kappa shape index (κ3) is 12.5. The number of unbranched alkanes of at least 4 members (excludes halogenated alkanes) is 11. The van der Waals surface area contributed by atoms with Gasteiger partial charge in [-0.25, -0.2) is 4.52 Å². The van der Waals surface area contributed by atoms with Gasteiger partial charge in [-0.3, -0.25) is 0 Å². The molecule has 1 rings (SSSR count). The third-order valence-corrected chi connectivity index (χ3v) is 4.87. The molecule has 1 atom stereocenters. The van der Waals surface area contributed by atoms with Crippen molar-refractivity contribution in [3.63, 3.8) is 0 Å². The Morgan fingerprint density at radius 1 is 0.750 bits per heavy atom. The van der Waals surface area contributed by atoms with Crippen LogP contribution in [0.25, 0.3) is 0 Å². The second-order valence-corrected chi connectivity index (χ2v) is 7.24. The Balaban J connectivity index is 1.81. The lowest BCUT2D eigenvalue weighted by Gasteiger charge is -2.02. The summed E-state index contributed by atoms with van der Waals surface area (Å²) in [6.07, 6.45) is 15.7. The van der Waals surface area contributed by atoms with E-state index in [1.54, 1.807) is 12.1 Å². The van der Waals surface area contributed by atoms with E-state index in [4.69, 9.17) is 9.05 Å². The van der Waals surface area contributed by atoms with Crippen LogP contribution in [0.15, 0.2) is 30.3 Å². The SMILES string of the molecule is CCCCCCCCCCCCCCO[P+](=O)Oc1ccccc1. The Morgan fingerprint density at radius 3 is 1.79 bits per heavy atom. The van der Waals surface area contributed by atoms with Crippen LogP contribution in [0, 0.1) is 0 Å². The number of benzene rings is 1. The van der Waals surface area contributed by atoms with Crippen LogP contribution in [0.1, 0.15) is 84.0 Å². The average molecular weight is 353 g/mol. The molecule has 1 aromatic carbocycles. The summed E-state index contributed by atoms with van der Waals surface area (Å²) < 4.78 is 22.1. The van der Waals surface area contributed by atoms with Crippen LogP contribution in [0.2, 0.25) is 0 Å². The molecule has 136 valence electrons. The van der Waals surface area contributed by atoms with Crippen molar-refractivity contribution >= 4 is 8.25 Å². The van der Waals surface area contributed by atoms with Crippen LogP contribution in [0.4, 0.5) is 0 Å². The van der Waals surface area contributed by atoms with Gasteiger partial charge in [0.1, 0.15) is 6.61 Å². The van der Waals surface area contributed by atoms with Gasteiger partial charge < -0.3 is 0 Å². The van der Waals surface area contributed by atoms with Crippen LogP contribution >= 0.6 is 8.25 Å². The molecular weight excluding hydrogens is 319 g/mol. The smallest absolute Gasteiger partial charge is 0.229 e. The molecule has 1 unspecified atom stereocenters. The molecule has 0 amide bonds. The van der Waals surface area contributed by atoms with Crippen LogP contribution in [-0.2, 0) is 9.09 Å². The molecule has 0 aliphatic rings. The standard InChI is InChI=1S/C20H34O3P/c1-2-3-4-5-6-7-8-9-10-11-12-16-19-22-24(21)23-20-17-14-13-15-18-20/h13-15,17-18H,2-12,16,19H2,1H3/q+1. The molecule has 0 saturated carbocycles. The lowest BCUT2D eigenvalue weighted by atomic mass is 10.1. The third-order valence-electron chi connectivity index (χ3n) is 4.12. The largest absolute Gasteiger partial charge is 0.750 e. The first kappa shape index (κ1) is 21.1. The molecule has 0 spiro atoms. The zero-order chi connectivity index (χ0) is 17.3. The topological polar surface area (TPSA) is 35.5 Å². The predicted molar refractivity (Wildman–Crippen MR) is 102 cm³/mol. The van der Waals surface area contributed by atoms with Crippen molar-refractivity contribution in [2.75, 3.05) is 6.61 Å². The molecule has 0 saturated heterocycles. The van der Waals surface area contributed by atoms with Crippen molar-refractivity contribution < 1.29 is 13.6 Å². The minimum atomic E-state index is -2.05. The van der Waals surface area contributed by atoms with E-state index in [9.17, 15) is 4.57 Å². The maximum Gasteiger partial charge on any atom is 0.750 e. The fourth-order valence-electron chi connectivity index (χ4n) is 2.68. The van der Waals surface area contributed by atoms with Crippen molar-refractivity contribution in [3.05, 3.63) is 30.3 Å². The second-order valence-electron chi connectivity index (χ2n) is 6.35. The van der Waals surface area contributed by atoms with Gasteiger partial charge in [0.05, 0.1) is 0 Å². The first-order valence-electron chi connectivity index (χ1n) is 9.66. The van der Waals surface area contributed by atoms with E-state index in [1.807, 2.05) is 18.2 Å². The van der Waals surface area contributed by atoms with Gasteiger partial charge in [-0.15, -0.1) is 4.52 Å². The highest BCUT2D eigenvalue weighted by Gasteiger charge is 2.21. The van der Waals surface area contributed by atoms with E-state index >= 15 is 0 Å². The molecule has 0 radical (unpaired) electrons. The number of rotatable bonds is 16. The van der Waals surface area contributed by atoms with E-state index in [-0.39, 0.29) is 0 Å². The van der Waals surface area contributed by atoms with E-state index in [2.05, 4.69) is 6.92 Å². The van der Waals surface area contributed by atoms with Gasteiger partial charge in [0, 0.05) is 4.57 Å². The maximum atomic E-state index is 11.6. The van der Waals surface area contributed by atoms with Gasteiger partial charge in [-0.05, 0) is 18.6 Å². The minimum Gasteiger partial charge on any atom is -0.229 e. The molecule has 0 aliphatic heterocycles. The predicted octanol–water partition coefficient (Wildman–Crippen LogP) is 7.44. The Labute approximate surface area is 149 Å². The van der Waals surface area contributed by atoms with E-state index in [0.29, 0.717) is 12.4 Å². The van der Waals surface area contributed by atoms with E-state index in [1.165, 1.54) is 64.2 Å². The van der Waals surface area contributed by atoms with Crippen molar-refractivity contribution in [1.82, 2.24) is 0 Å². The zero-order valence-corrected chi connectivity index (χ0v) is 16.1. The van der Waals surface area contributed by atoms with Gasteiger partial charge in [-0.1, -0.05) is 95.8 Å². The lowest BCUT2D eigenvalue weighted by molar-refractivity contribution is 0.277. The summed E-state index contributed by atoms with van der Waals surface area (Å²) in [6.45, 7) is 2.78. The lowest BCUT2D eigenvalue weighted by Crippen LogP contribution is -1.91. The van der Waals surface area contributed by atoms with Gasteiger partial charge in [0.25, 0.3) is 0 Å². The summed E-state index contributed by atoms with van der Waals surface area (Å²) in [7, 11) is -2.05. The van der Waals surface area contributed by atoms with Crippen molar-refractivity contribution in [2.45, 2.75) is 84.0 Å². The molecule has 0 bridgehead atoms. The minimum absolute atomic E-state index is 0.513. The molecule has 4 heteroatoms. The molecule has 0 aliphatic carbocycles. The first-order chi connectivity index (χ1) is 11.8. The second kappa shape index (κ2) is 15.6. The van der Waals surface area contributed by atoms with Crippen molar-refractivity contribution in [3.8, 4) is 5.75 Å². The fraction of sp³-hybridized carbons (Fsp3) is 0.700. The highest BCUT2D eigenvalue weighted by atomic mass is 31.1. The Kier molecular flexibility index (Phi) is 13.7. The molecular formula is C20H34O3P+. The molecule has 1 aromatic rings. The van der Waals surface area contributed by atoms with E-state index in [0.717, 1.165) is 12.8 Å². The van der Waals surface area contributed by atoms with Gasteiger partial charge in [0.15, 0.2) is 5.75 Å². The van der Waals surface area contributed by atoms with Crippen LogP contribution in [0.3, 0.4) is 0 Å². The zero-order valence-electron chi connectivity index (χ0n) is 15.3. The fourth-order valence-corrected chi connectivity index (χ4v) is 3.30. The monoisotopic (exact) mass is 353 g/mol. The molecule has 0 fully saturated rings.